The molecule has 1 aromatic rings. The SMILES string of the molecule is CNCCNS(=O)(=O)c1ccc2c(c1)OCCO2.Cl. The first-order valence-corrected chi connectivity index (χ1v) is 7.16. The molecular weight excluding hydrogens is 292 g/mol. The molecule has 0 bridgehead atoms. The molecule has 2 rings (SSSR count). The van der Waals surface area contributed by atoms with Gasteiger partial charge < -0.3 is 14.8 Å². The van der Waals surface area contributed by atoms with Gasteiger partial charge >= 0.3 is 0 Å². The Bertz CT molecular complexity index is 521. The number of benzene rings is 1. The maximum absolute atomic E-state index is 12.0. The van der Waals surface area contributed by atoms with Gasteiger partial charge in [-0.05, 0) is 19.2 Å². The third-order valence-electron chi connectivity index (χ3n) is 2.49. The summed E-state index contributed by atoms with van der Waals surface area (Å²) in [4.78, 5) is 0.183. The normalized spacial score (nSPS) is 13.7. The summed E-state index contributed by atoms with van der Waals surface area (Å²) in [6, 6.07) is 4.60. The third kappa shape index (κ3) is 3.97. The molecule has 2 N–H and O–H groups in total. The Balaban J connectivity index is 0.00000180. The molecule has 8 heteroatoms. The van der Waals surface area contributed by atoms with E-state index in [2.05, 4.69) is 10.0 Å². The first kappa shape index (κ1) is 16.0. The van der Waals surface area contributed by atoms with Gasteiger partial charge in [-0.15, -0.1) is 12.4 Å². The summed E-state index contributed by atoms with van der Waals surface area (Å²) >= 11 is 0. The molecule has 19 heavy (non-hydrogen) atoms. The van der Waals surface area contributed by atoms with E-state index in [9.17, 15) is 8.42 Å². The van der Waals surface area contributed by atoms with Gasteiger partial charge in [-0.3, -0.25) is 0 Å². The van der Waals surface area contributed by atoms with Crippen molar-refractivity contribution >= 4 is 22.4 Å². The number of halogens is 1. The minimum atomic E-state index is -3.49. The average Bonchev–Trinajstić information content (AvgIpc) is 2.38. The van der Waals surface area contributed by atoms with Crippen molar-refractivity contribution < 1.29 is 17.9 Å². The lowest BCUT2D eigenvalue weighted by molar-refractivity contribution is 0.171. The van der Waals surface area contributed by atoms with Gasteiger partial charge in [0.2, 0.25) is 10.0 Å². The average molecular weight is 309 g/mol. The van der Waals surface area contributed by atoms with E-state index in [1.54, 1.807) is 13.1 Å². The van der Waals surface area contributed by atoms with E-state index < -0.39 is 10.0 Å². The summed E-state index contributed by atoms with van der Waals surface area (Å²) in [7, 11) is -1.73. The first-order valence-electron chi connectivity index (χ1n) is 5.67. The number of nitrogens with one attached hydrogen (secondary N) is 2. The molecule has 0 fully saturated rings. The molecule has 0 saturated carbocycles. The van der Waals surface area contributed by atoms with E-state index in [1.165, 1.54) is 12.1 Å². The lowest BCUT2D eigenvalue weighted by atomic mass is 10.3. The molecule has 108 valence electrons. The monoisotopic (exact) mass is 308 g/mol. The number of rotatable bonds is 5. The van der Waals surface area contributed by atoms with Crippen molar-refractivity contribution in [2.75, 3.05) is 33.4 Å². The van der Waals surface area contributed by atoms with Crippen LogP contribution < -0.4 is 19.5 Å². The van der Waals surface area contributed by atoms with Crippen LogP contribution in [0.5, 0.6) is 11.5 Å². The van der Waals surface area contributed by atoms with Gasteiger partial charge in [-0.2, -0.15) is 0 Å². The van der Waals surface area contributed by atoms with Crippen molar-refractivity contribution in [2.24, 2.45) is 0 Å². The highest BCUT2D eigenvalue weighted by Crippen LogP contribution is 2.31. The fraction of sp³-hybridized carbons (Fsp3) is 0.455. The molecule has 0 unspecified atom stereocenters. The predicted octanol–water partition coefficient (Wildman–Crippen LogP) is 0.377. The second-order valence-electron chi connectivity index (χ2n) is 3.81. The molecule has 1 aromatic carbocycles. The van der Waals surface area contributed by atoms with Crippen LogP contribution in [0.4, 0.5) is 0 Å². The van der Waals surface area contributed by atoms with E-state index in [1.807, 2.05) is 0 Å². The predicted molar refractivity (Wildman–Crippen MR) is 73.8 cm³/mol. The second-order valence-corrected chi connectivity index (χ2v) is 5.57. The maximum atomic E-state index is 12.0. The number of likely N-dealkylation sites (N-methyl/N-ethyl adjacent to an activating group) is 1. The van der Waals surface area contributed by atoms with E-state index in [0.29, 0.717) is 37.8 Å². The Labute approximate surface area is 118 Å². The Morgan fingerprint density at radius 3 is 2.53 bits per heavy atom. The van der Waals surface area contributed by atoms with Crippen LogP contribution in [0.3, 0.4) is 0 Å². The van der Waals surface area contributed by atoms with Crippen molar-refractivity contribution in [3.63, 3.8) is 0 Å². The van der Waals surface area contributed by atoms with Crippen LogP contribution in [0.15, 0.2) is 23.1 Å². The van der Waals surface area contributed by atoms with Crippen LogP contribution >= 0.6 is 12.4 Å². The molecule has 0 aromatic heterocycles. The molecule has 1 aliphatic rings. The zero-order valence-electron chi connectivity index (χ0n) is 10.5. The molecule has 1 heterocycles. The van der Waals surface area contributed by atoms with Gasteiger partial charge in [0.25, 0.3) is 0 Å². The summed E-state index contributed by atoms with van der Waals surface area (Å²) in [5, 5.41) is 2.87. The topological polar surface area (TPSA) is 76.7 Å². The van der Waals surface area contributed by atoms with Gasteiger partial charge in [-0.1, -0.05) is 0 Å². The Morgan fingerprint density at radius 2 is 1.84 bits per heavy atom. The molecule has 0 amide bonds. The van der Waals surface area contributed by atoms with Crippen LogP contribution in [0.2, 0.25) is 0 Å². The Hall–Kier alpha value is -1.02. The molecular formula is C11H17ClN2O4S. The van der Waals surface area contributed by atoms with Crippen molar-refractivity contribution in [3.8, 4) is 11.5 Å². The summed E-state index contributed by atoms with van der Waals surface area (Å²) in [5.74, 6) is 1.05. The van der Waals surface area contributed by atoms with E-state index in [0.717, 1.165) is 0 Å². The van der Waals surface area contributed by atoms with Crippen molar-refractivity contribution in [3.05, 3.63) is 18.2 Å². The van der Waals surface area contributed by atoms with Crippen molar-refractivity contribution in [1.82, 2.24) is 10.0 Å². The van der Waals surface area contributed by atoms with Crippen LogP contribution in [0.25, 0.3) is 0 Å². The fourth-order valence-corrected chi connectivity index (χ4v) is 2.63. The fourth-order valence-electron chi connectivity index (χ4n) is 1.58. The number of hydrogen-bond donors (Lipinski definition) is 2. The molecule has 0 saturated heterocycles. The minimum Gasteiger partial charge on any atom is -0.486 e. The quantitative estimate of drug-likeness (QED) is 0.769. The molecule has 0 aliphatic carbocycles. The van der Waals surface area contributed by atoms with Gasteiger partial charge in [0.1, 0.15) is 13.2 Å². The zero-order chi connectivity index (χ0) is 13.0. The van der Waals surface area contributed by atoms with Crippen LogP contribution in [0.1, 0.15) is 0 Å². The third-order valence-corrected chi connectivity index (χ3v) is 3.95. The van der Waals surface area contributed by atoms with E-state index >= 15 is 0 Å². The number of fused-ring (bicyclic) bond motifs is 1. The highest BCUT2D eigenvalue weighted by Gasteiger charge is 2.18. The highest BCUT2D eigenvalue weighted by molar-refractivity contribution is 7.89. The van der Waals surface area contributed by atoms with E-state index in [-0.39, 0.29) is 17.3 Å². The second kappa shape index (κ2) is 6.95. The largest absolute Gasteiger partial charge is 0.486 e. The number of sulfonamides is 1. The van der Waals surface area contributed by atoms with Crippen molar-refractivity contribution in [2.45, 2.75) is 4.90 Å². The summed E-state index contributed by atoms with van der Waals surface area (Å²) in [6.07, 6.45) is 0. The summed E-state index contributed by atoms with van der Waals surface area (Å²) in [6.45, 7) is 1.83. The van der Waals surface area contributed by atoms with Gasteiger partial charge in [0, 0.05) is 19.2 Å². The van der Waals surface area contributed by atoms with Gasteiger partial charge in [-0.25, -0.2) is 13.1 Å². The highest BCUT2D eigenvalue weighted by atomic mass is 35.5. The van der Waals surface area contributed by atoms with Gasteiger partial charge in [0.15, 0.2) is 11.5 Å². The Kier molecular flexibility index (Phi) is 5.86. The molecule has 0 spiro atoms. The molecule has 0 atom stereocenters. The smallest absolute Gasteiger partial charge is 0.240 e. The standard InChI is InChI=1S/C11H16N2O4S.ClH/c1-12-4-5-13-18(14,15)9-2-3-10-11(8-9)17-7-6-16-10;/h2-3,8,12-13H,4-7H2,1H3;1H. The van der Waals surface area contributed by atoms with Crippen LogP contribution in [0, 0.1) is 0 Å². The van der Waals surface area contributed by atoms with E-state index in [4.69, 9.17) is 9.47 Å². The maximum Gasteiger partial charge on any atom is 0.240 e. The molecule has 1 aliphatic heterocycles. The minimum absolute atomic E-state index is 0. The first-order chi connectivity index (χ1) is 8.63. The number of ether oxygens (including phenoxy) is 2. The summed E-state index contributed by atoms with van der Waals surface area (Å²) in [5.41, 5.74) is 0. The zero-order valence-corrected chi connectivity index (χ0v) is 12.1. The summed E-state index contributed by atoms with van der Waals surface area (Å²) < 4.78 is 37.1. The lowest BCUT2D eigenvalue weighted by Gasteiger charge is -2.18. The lowest BCUT2D eigenvalue weighted by Crippen LogP contribution is -2.30. The van der Waals surface area contributed by atoms with Gasteiger partial charge in [0.05, 0.1) is 4.90 Å². The molecule has 0 radical (unpaired) electrons. The number of hydrogen-bond acceptors (Lipinski definition) is 5. The Morgan fingerprint density at radius 1 is 1.16 bits per heavy atom. The van der Waals surface area contributed by atoms with Crippen LogP contribution in [-0.4, -0.2) is 41.8 Å². The molecule has 6 nitrogen and oxygen atoms in total. The van der Waals surface area contributed by atoms with Crippen LogP contribution in [-0.2, 0) is 10.0 Å². The van der Waals surface area contributed by atoms with Crippen molar-refractivity contribution in [1.29, 1.82) is 0 Å².